The summed E-state index contributed by atoms with van der Waals surface area (Å²) < 4.78 is 15.3. The van der Waals surface area contributed by atoms with Crippen LogP contribution in [-0.2, 0) is 16.0 Å². The van der Waals surface area contributed by atoms with Crippen molar-refractivity contribution in [2.75, 3.05) is 21.3 Å². The molecule has 0 fully saturated rings. The highest BCUT2D eigenvalue weighted by molar-refractivity contribution is 5.96. The molecule has 0 aliphatic heterocycles. The molecule has 0 saturated heterocycles. The zero-order valence-corrected chi connectivity index (χ0v) is 14.4. The number of hydrogen-bond acceptors (Lipinski definition) is 5. The Hall–Kier alpha value is -3.02. The Kier molecular flexibility index (Phi) is 6.39. The first kappa shape index (κ1) is 18.3. The van der Waals surface area contributed by atoms with Crippen molar-refractivity contribution in [1.29, 1.82) is 0 Å². The van der Waals surface area contributed by atoms with Crippen LogP contribution in [0, 0.1) is 0 Å². The monoisotopic (exact) mass is 343 g/mol. The Morgan fingerprint density at radius 3 is 2.08 bits per heavy atom. The van der Waals surface area contributed by atoms with E-state index in [-0.39, 0.29) is 12.3 Å². The highest BCUT2D eigenvalue weighted by atomic mass is 16.5. The molecule has 0 spiro atoms. The summed E-state index contributed by atoms with van der Waals surface area (Å²) in [6, 6.07) is 13.2. The van der Waals surface area contributed by atoms with Gasteiger partial charge in [-0.1, -0.05) is 18.2 Å². The molecule has 2 rings (SSSR count). The van der Waals surface area contributed by atoms with E-state index in [4.69, 9.17) is 14.2 Å². The van der Waals surface area contributed by atoms with Gasteiger partial charge in [0.2, 0.25) is 0 Å². The lowest BCUT2D eigenvalue weighted by Crippen LogP contribution is -2.43. The van der Waals surface area contributed by atoms with Crippen molar-refractivity contribution in [3.63, 3.8) is 0 Å². The Morgan fingerprint density at radius 1 is 0.960 bits per heavy atom. The summed E-state index contributed by atoms with van der Waals surface area (Å²) in [6.45, 7) is 0. The molecule has 1 N–H and O–H groups in total. The molecule has 1 amide bonds. The summed E-state index contributed by atoms with van der Waals surface area (Å²) in [6.07, 6.45) is 0.249. The average Bonchev–Trinajstić information content (AvgIpc) is 2.66. The second-order valence-corrected chi connectivity index (χ2v) is 5.34. The molecule has 132 valence electrons. The molecule has 0 bridgehead atoms. The molecule has 2 aromatic rings. The molecular weight excluding hydrogens is 322 g/mol. The maximum atomic E-state index is 12.3. The lowest BCUT2D eigenvalue weighted by molar-refractivity contribution is -0.142. The summed E-state index contributed by atoms with van der Waals surface area (Å²) >= 11 is 0. The van der Waals surface area contributed by atoms with Crippen molar-refractivity contribution in [3.05, 3.63) is 59.7 Å². The quantitative estimate of drug-likeness (QED) is 0.781. The number of amides is 1. The number of benzene rings is 2. The summed E-state index contributed by atoms with van der Waals surface area (Å²) in [4.78, 5) is 24.4. The number of carbonyl (C=O) groups excluding carboxylic acids is 2. The summed E-state index contributed by atoms with van der Waals surface area (Å²) in [7, 11) is 4.39. The van der Waals surface area contributed by atoms with Gasteiger partial charge in [-0.25, -0.2) is 4.79 Å². The number of methoxy groups -OCH3 is 3. The van der Waals surface area contributed by atoms with Crippen LogP contribution < -0.4 is 14.8 Å². The number of nitrogens with one attached hydrogen (secondary N) is 1. The number of esters is 1. The van der Waals surface area contributed by atoms with Crippen LogP contribution in [0.15, 0.2) is 48.5 Å². The van der Waals surface area contributed by atoms with E-state index in [1.807, 2.05) is 6.07 Å². The molecule has 0 aliphatic carbocycles. The zero-order valence-electron chi connectivity index (χ0n) is 14.4. The Bertz CT molecular complexity index is 708. The molecule has 0 radical (unpaired) electrons. The van der Waals surface area contributed by atoms with E-state index in [1.54, 1.807) is 56.7 Å². The minimum absolute atomic E-state index is 0.249. The van der Waals surface area contributed by atoms with E-state index in [9.17, 15) is 9.59 Å². The van der Waals surface area contributed by atoms with Gasteiger partial charge in [-0.05, 0) is 29.8 Å². The lowest BCUT2D eigenvalue weighted by Gasteiger charge is -2.17. The summed E-state index contributed by atoms with van der Waals surface area (Å²) in [5.41, 5.74) is 1.25. The Labute approximate surface area is 146 Å². The van der Waals surface area contributed by atoms with Gasteiger partial charge >= 0.3 is 5.97 Å². The largest absolute Gasteiger partial charge is 0.497 e. The Morgan fingerprint density at radius 2 is 1.56 bits per heavy atom. The fraction of sp³-hybridized carbons (Fsp3) is 0.263. The first-order valence-corrected chi connectivity index (χ1v) is 7.73. The van der Waals surface area contributed by atoms with Crippen LogP contribution in [0.3, 0.4) is 0 Å². The van der Waals surface area contributed by atoms with Gasteiger partial charge in [-0.2, -0.15) is 0 Å². The van der Waals surface area contributed by atoms with Gasteiger partial charge in [-0.3, -0.25) is 4.79 Å². The second kappa shape index (κ2) is 8.73. The minimum Gasteiger partial charge on any atom is -0.497 e. The SMILES string of the molecule is COC(=O)C(Cc1cc(OC)cc(OC)c1)NC(=O)c1ccccc1. The van der Waals surface area contributed by atoms with Crippen molar-refractivity contribution in [1.82, 2.24) is 5.32 Å². The number of hydrogen-bond donors (Lipinski definition) is 1. The normalized spacial score (nSPS) is 11.3. The third kappa shape index (κ3) is 4.97. The first-order valence-electron chi connectivity index (χ1n) is 7.73. The first-order chi connectivity index (χ1) is 12.1. The fourth-order valence-corrected chi connectivity index (χ4v) is 2.39. The molecule has 6 heteroatoms. The minimum atomic E-state index is -0.825. The van der Waals surface area contributed by atoms with Gasteiger partial charge in [0.1, 0.15) is 17.5 Å². The van der Waals surface area contributed by atoms with Crippen molar-refractivity contribution in [3.8, 4) is 11.5 Å². The van der Waals surface area contributed by atoms with Gasteiger partial charge < -0.3 is 19.5 Å². The van der Waals surface area contributed by atoms with E-state index in [1.165, 1.54) is 7.11 Å². The molecule has 2 aromatic carbocycles. The molecule has 25 heavy (non-hydrogen) atoms. The van der Waals surface area contributed by atoms with Crippen LogP contribution >= 0.6 is 0 Å². The molecular formula is C19H21NO5. The van der Waals surface area contributed by atoms with E-state index in [0.29, 0.717) is 17.1 Å². The van der Waals surface area contributed by atoms with E-state index in [0.717, 1.165) is 5.56 Å². The molecule has 6 nitrogen and oxygen atoms in total. The lowest BCUT2D eigenvalue weighted by atomic mass is 10.0. The highest BCUT2D eigenvalue weighted by Gasteiger charge is 2.23. The average molecular weight is 343 g/mol. The number of rotatable bonds is 7. The van der Waals surface area contributed by atoms with Crippen molar-refractivity contribution >= 4 is 11.9 Å². The van der Waals surface area contributed by atoms with E-state index in [2.05, 4.69) is 5.32 Å². The number of ether oxygens (including phenoxy) is 3. The summed E-state index contributed by atoms with van der Waals surface area (Å²) in [5, 5.41) is 2.71. The van der Waals surface area contributed by atoms with Gasteiger partial charge in [0, 0.05) is 18.1 Å². The van der Waals surface area contributed by atoms with Gasteiger partial charge in [0.15, 0.2) is 0 Å². The van der Waals surface area contributed by atoms with Gasteiger partial charge in [0.05, 0.1) is 21.3 Å². The summed E-state index contributed by atoms with van der Waals surface area (Å²) in [5.74, 6) is 0.344. The van der Waals surface area contributed by atoms with Crippen LogP contribution in [-0.4, -0.2) is 39.2 Å². The van der Waals surface area contributed by atoms with Gasteiger partial charge in [0.25, 0.3) is 5.91 Å². The third-order valence-electron chi connectivity index (χ3n) is 3.68. The van der Waals surface area contributed by atoms with E-state index >= 15 is 0 Å². The second-order valence-electron chi connectivity index (χ2n) is 5.34. The number of carbonyl (C=O) groups is 2. The zero-order chi connectivity index (χ0) is 18.2. The maximum Gasteiger partial charge on any atom is 0.328 e. The predicted octanol–water partition coefficient (Wildman–Crippen LogP) is 2.22. The van der Waals surface area contributed by atoms with E-state index < -0.39 is 12.0 Å². The van der Waals surface area contributed by atoms with Crippen LogP contribution in [0.2, 0.25) is 0 Å². The molecule has 0 aliphatic rings. The van der Waals surface area contributed by atoms with Crippen LogP contribution in [0.25, 0.3) is 0 Å². The molecule has 0 saturated carbocycles. The predicted molar refractivity (Wildman–Crippen MR) is 93.0 cm³/mol. The Balaban J connectivity index is 2.21. The third-order valence-corrected chi connectivity index (χ3v) is 3.68. The topological polar surface area (TPSA) is 73.9 Å². The van der Waals surface area contributed by atoms with Gasteiger partial charge in [-0.15, -0.1) is 0 Å². The molecule has 1 atom stereocenters. The van der Waals surface area contributed by atoms with Crippen molar-refractivity contribution in [2.45, 2.75) is 12.5 Å². The van der Waals surface area contributed by atoms with Crippen molar-refractivity contribution < 1.29 is 23.8 Å². The van der Waals surface area contributed by atoms with Crippen LogP contribution in [0.1, 0.15) is 15.9 Å². The smallest absolute Gasteiger partial charge is 0.328 e. The molecule has 0 heterocycles. The molecule has 0 aromatic heterocycles. The fourth-order valence-electron chi connectivity index (χ4n) is 2.39. The van der Waals surface area contributed by atoms with Crippen LogP contribution in [0.5, 0.6) is 11.5 Å². The highest BCUT2D eigenvalue weighted by Crippen LogP contribution is 2.23. The maximum absolute atomic E-state index is 12.3. The molecule has 1 unspecified atom stereocenters. The standard InChI is InChI=1S/C19H21NO5/c1-23-15-9-13(10-16(12-15)24-2)11-17(19(22)25-3)20-18(21)14-7-5-4-6-8-14/h4-10,12,17H,11H2,1-3H3,(H,20,21). The van der Waals surface area contributed by atoms with Crippen LogP contribution in [0.4, 0.5) is 0 Å². The van der Waals surface area contributed by atoms with Crippen molar-refractivity contribution in [2.24, 2.45) is 0 Å².